The first-order valence-electron chi connectivity index (χ1n) is 9.32. The summed E-state index contributed by atoms with van der Waals surface area (Å²) in [5.74, 6) is 0.551. The first-order valence-corrected chi connectivity index (χ1v) is 11.2. The smallest absolute Gasteiger partial charge is 0.416 e. The standard InChI is InChI=1S/C18H25N3O4S/c1-26(23,24)21-12-6-8-15(21)14-7-5-9-16(19-14)20-13-18(25-17(20)22)10-3-2-4-11-18/h5,7,9,15H,2-4,6,8,10-13H2,1H3/t15-/m1/s1. The van der Waals surface area contributed by atoms with Gasteiger partial charge in [-0.3, -0.25) is 4.90 Å². The number of nitrogens with zero attached hydrogens (tertiary/aromatic N) is 3. The highest BCUT2D eigenvalue weighted by Gasteiger charge is 2.46. The average molecular weight is 379 g/mol. The van der Waals surface area contributed by atoms with Gasteiger partial charge in [0, 0.05) is 6.54 Å². The maximum Gasteiger partial charge on any atom is 0.416 e. The van der Waals surface area contributed by atoms with Crippen LogP contribution in [-0.4, -0.2) is 48.7 Å². The third-order valence-corrected chi connectivity index (χ3v) is 7.03. The maximum atomic E-state index is 12.5. The van der Waals surface area contributed by atoms with Gasteiger partial charge in [-0.25, -0.2) is 18.2 Å². The summed E-state index contributed by atoms with van der Waals surface area (Å²) in [5, 5.41) is 0. The molecule has 0 aromatic carbocycles. The minimum atomic E-state index is -3.28. The summed E-state index contributed by atoms with van der Waals surface area (Å²) in [6.07, 6.45) is 7.62. The molecule has 7 nitrogen and oxygen atoms in total. The molecule has 3 heterocycles. The second-order valence-electron chi connectivity index (χ2n) is 7.65. The Hall–Kier alpha value is -1.67. The van der Waals surface area contributed by atoms with E-state index in [-0.39, 0.29) is 17.7 Å². The van der Waals surface area contributed by atoms with E-state index in [1.165, 1.54) is 17.0 Å². The van der Waals surface area contributed by atoms with E-state index >= 15 is 0 Å². The molecule has 0 radical (unpaired) electrons. The number of hydrogen-bond acceptors (Lipinski definition) is 5. The van der Waals surface area contributed by atoms with Crippen molar-refractivity contribution in [2.75, 3.05) is 24.2 Å². The van der Waals surface area contributed by atoms with Gasteiger partial charge < -0.3 is 4.74 Å². The Morgan fingerprint density at radius 3 is 2.69 bits per heavy atom. The fraction of sp³-hybridized carbons (Fsp3) is 0.667. The zero-order valence-corrected chi connectivity index (χ0v) is 15.9. The second kappa shape index (κ2) is 6.49. The molecule has 2 aliphatic heterocycles. The van der Waals surface area contributed by atoms with Gasteiger partial charge in [-0.15, -0.1) is 0 Å². The number of amides is 1. The fourth-order valence-corrected chi connectivity index (χ4v) is 5.60. The highest BCUT2D eigenvalue weighted by molar-refractivity contribution is 7.88. The molecule has 0 unspecified atom stereocenters. The lowest BCUT2D eigenvalue weighted by Gasteiger charge is -2.30. The van der Waals surface area contributed by atoms with E-state index in [4.69, 9.17) is 4.74 Å². The Balaban J connectivity index is 1.59. The molecule has 8 heteroatoms. The van der Waals surface area contributed by atoms with E-state index in [0.717, 1.165) is 38.5 Å². The van der Waals surface area contributed by atoms with Crippen molar-refractivity contribution in [2.24, 2.45) is 0 Å². The normalized spacial score (nSPS) is 26.4. The van der Waals surface area contributed by atoms with Crippen LogP contribution in [0.4, 0.5) is 10.6 Å². The first-order chi connectivity index (χ1) is 12.4. The van der Waals surface area contributed by atoms with E-state index in [0.29, 0.717) is 24.6 Å². The van der Waals surface area contributed by atoms with Crippen molar-refractivity contribution < 1.29 is 17.9 Å². The van der Waals surface area contributed by atoms with Crippen molar-refractivity contribution in [2.45, 2.75) is 56.6 Å². The third-order valence-electron chi connectivity index (χ3n) is 5.74. The summed E-state index contributed by atoms with van der Waals surface area (Å²) >= 11 is 0. The van der Waals surface area contributed by atoms with E-state index in [9.17, 15) is 13.2 Å². The molecule has 26 heavy (non-hydrogen) atoms. The minimum Gasteiger partial charge on any atom is -0.441 e. The number of carbonyl (C=O) groups is 1. The van der Waals surface area contributed by atoms with Gasteiger partial charge in [0.2, 0.25) is 10.0 Å². The third kappa shape index (κ3) is 3.20. The molecule has 1 aromatic rings. The molecule has 4 rings (SSSR count). The number of hydrogen-bond donors (Lipinski definition) is 0. The minimum absolute atomic E-state index is 0.257. The number of anilines is 1. The van der Waals surface area contributed by atoms with Gasteiger partial charge >= 0.3 is 6.09 Å². The van der Waals surface area contributed by atoms with Crippen molar-refractivity contribution in [1.82, 2.24) is 9.29 Å². The number of aromatic nitrogens is 1. The molecule has 142 valence electrons. The number of ether oxygens (including phenoxy) is 1. The largest absolute Gasteiger partial charge is 0.441 e. The molecule has 1 aliphatic carbocycles. The summed E-state index contributed by atoms with van der Waals surface area (Å²) in [6.45, 7) is 1.05. The predicted octanol–water partition coefficient (Wildman–Crippen LogP) is 2.84. The number of rotatable bonds is 3. The van der Waals surface area contributed by atoms with Gasteiger partial charge in [-0.1, -0.05) is 12.5 Å². The summed E-state index contributed by atoms with van der Waals surface area (Å²) in [4.78, 5) is 18.7. The van der Waals surface area contributed by atoms with Crippen LogP contribution in [0.25, 0.3) is 0 Å². The lowest BCUT2D eigenvalue weighted by molar-refractivity contribution is 0.0260. The van der Waals surface area contributed by atoms with E-state index in [2.05, 4.69) is 4.98 Å². The number of carbonyl (C=O) groups excluding carboxylic acids is 1. The van der Waals surface area contributed by atoms with Crippen LogP contribution >= 0.6 is 0 Å². The van der Waals surface area contributed by atoms with E-state index in [1.54, 1.807) is 11.0 Å². The van der Waals surface area contributed by atoms with E-state index in [1.807, 2.05) is 12.1 Å². The summed E-state index contributed by atoms with van der Waals surface area (Å²) in [5.41, 5.74) is 0.321. The lowest BCUT2D eigenvalue weighted by atomic mass is 9.85. The second-order valence-corrected chi connectivity index (χ2v) is 9.59. The molecular weight excluding hydrogens is 354 g/mol. The van der Waals surface area contributed by atoms with Crippen LogP contribution in [0, 0.1) is 0 Å². The fourth-order valence-electron chi connectivity index (χ4n) is 4.46. The molecule has 0 bridgehead atoms. The molecule has 0 N–H and O–H groups in total. The lowest BCUT2D eigenvalue weighted by Crippen LogP contribution is -2.36. The highest BCUT2D eigenvalue weighted by Crippen LogP contribution is 2.39. The molecule has 1 saturated carbocycles. The molecule has 1 spiro atoms. The monoisotopic (exact) mass is 379 g/mol. The van der Waals surface area contributed by atoms with Crippen LogP contribution in [0.1, 0.15) is 56.7 Å². The molecule has 3 fully saturated rings. The van der Waals surface area contributed by atoms with Crippen LogP contribution in [0.3, 0.4) is 0 Å². The van der Waals surface area contributed by atoms with Crippen molar-refractivity contribution in [3.8, 4) is 0 Å². The van der Waals surface area contributed by atoms with Crippen LogP contribution < -0.4 is 4.90 Å². The van der Waals surface area contributed by atoms with Crippen molar-refractivity contribution >= 4 is 21.9 Å². The highest BCUT2D eigenvalue weighted by atomic mass is 32.2. The topological polar surface area (TPSA) is 79.8 Å². The number of sulfonamides is 1. The molecule has 1 amide bonds. The number of pyridine rings is 1. The van der Waals surface area contributed by atoms with Gasteiger partial charge in [0.15, 0.2) is 0 Å². The van der Waals surface area contributed by atoms with Crippen LogP contribution in [0.2, 0.25) is 0 Å². The maximum absolute atomic E-state index is 12.5. The van der Waals surface area contributed by atoms with Gasteiger partial charge in [0.1, 0.15) is 11.4 Å². The van der Waals surface area contributed by atoms with Gasteiger partial charge in [-0.2, -0.15) is 4.31 Å². The summed E-state index contributed by atoms with van der Waals surface area (Å²) < 4.78 is 31.3. The Labute approximate surface area is 154 Å². The van der Waals surface area contributed by atoms with Gasteiger partial charge in [0.25, 0.3) is 0 Å². The molecule has 2 saturated heterocycles. The average Bonchev–Trinajstić information content (AvgIpc) is 3.21. The molecular formula is C18H25N3O4S. The molecule has 1 atom stereocenters. The Kier molecular flexibility index (Phi) is 4.43. The molecule has 3 aliphatic rings. The Morgan fingerprint density at radius 1 is 1.19 bits per heavy atom. The van der Waals surface area contributed by atoms with Crippen molar-refractivity contribution in [3.05, 3.63) is 23.9 Å². The summed E-state index contributed by atoms with van der Waals surface area (Å²) in [6, 6.07) is 5.23. The van der Waals surface area contributed by atoms with Crippen LogP contribution in [0.5, 0.6) is 0 Å². The Bertz CT molecular complexity index is 804. The predicted molar refractivity (Wildman–Crippen MR) is 97.4 cm³/mol. The van der Waals surface area contributed by atoms with Gasteiger partial charge in [0.05, 0.1) is 24.5 Å². The SMILES string of the molecule is CS(=O)(=O)N1CCC[C@@H]1c1cccc(N2CC3(CCCCC3)OC2=O)n1. The quantitative estimate of drug-likeness (QED) is 0.807. The zero-order valence-electron chi connectivity index (χ0n) is 15.1. The van der Waals surface area contributed by atoms with Crippen LogP contribution in [0.15, 0.2) is 18.2 Å². The first kappa shape index (κ1) is 17.7. The Morgan fingerprint density at radius 2 is 1.96 bits per heavy atom. The van der Waals surface area contributed by atoms with Crippen molar-refractivity contribution in [3.63, 3.8) is 0 Å². The van der Waals surface area contributed by atoms with Crippen molar-refractivity contribution in [1.29, 1.82) is 0 Å². The van der Waals surface area contributed by atoms with E-state index < -0.39 is 10.0 Å². The summed E-state index contributed by atoms with van der Waals surface area (Å²) in [7, 11) is -3.28. The van der Waals surface area contributed by atoms with Crippen LogP contribution in [-0.2, 0) is 14.8 Å². The molecule has 1 aromatic heterocycles. The zero-order chi connectivity index (χ0) is 18.4. The van der Waals surface area contributed by atoms with Gasteiger partial charge in [-0.05, 0) is 50.7 Å².